The van der Waals surface area contributed by atoms with Crippen molar-refractivity contribution in [3.63, 3.8) is 0 Å². The molecule has 0 saturated carbocycles. The van der Waals surface area contributed by atoms with E-state index in [1.54, 1.807) is 38.3 Å². The molecule has 4 heteroatoms. The summed E-state index contributed by atoms with van der Waals surface area (Å²) in [4.78, 5) is 12.3. The Balaban J connectivity index is 2.19. The van der Waals surface area contributed by atoms with E-state index in [2.05, 4.69) is 6.58 Å². The lowest BCUT2D eigenvalue weighted by Crippen LogP contribution is -2.11. The summed E-state index contributed by atoms with van der Waals surface area (Å²) in [6.07, 6.45) is -0.442. The van der Waals surface area contributed by atoms with Crippen LogP contribution in [0.4, 0.5) is 0 Å². The number of esters is 1. The number of benzene rings is 2. The Labute approximate surface area is 129 Å². The smallest absolute Gasteiger partial charge is 0.339 e. The van der Waals surface area contributed by atoms with Crippen molar-refractivity contribution in [2.24, 2.45) is 0 Å². The second kappa shape index (κ2) is 6.80. The fourth-order valence-corrected chi connectivity index (χ4v) is 2.10. The number of carbonyl (C=O) groups is 1. The molecule has 0 radical (unpaired) electrons. The molecule has 0 fully saturated rings. The molecular weight excluding hydrogens is 280 g/mol. The summed E-state index contributed by atoms with van der Waals surface area (Å²) in [5.74, 6) is 0.0206. The van der Waals surface area contributed by atoms with Crippen LogP contribution in [0.3, 0.4) is 0 Å². The van der Waals surface area contributed by atoms with E-state index >= 15 is 0 Å². The van der Waals surface area contributed by atoms with E-state index in [1.807, 2.05) is 24.3 Å². The quantitative estimate of drug-likeness (QED) is 0.665. The maximum absolute atomic E-state index is 12.3. The van der Waals surface area contributed by atoms with Gasteiger partial charge in [-0.15, -0.1) is 0 Å². The second-order valence-electron chi connectivity index (χ2n) is 4.82. The van der Waals surface area contributed by atoms with Gasteiger partial charge >= 0.3 is 5.97 Å². The first-order valence-electron chi connectivity index (χ1n) is 6.85. The molecule has 1 atom stereocenters. The number of ether oxygens (including phenoxy) is 2. The summed E-state index contributed by atoms with van der Waals surface area (Å²) < 4.78 is 10.6. The van der Waals surface area contributed by atoms with Crippen molar-refractivity contribution in [1.82, 2.24) is 0 Å². The summed E-state index contributed by atoms with van der Waals surface area (Å²) in [5, 5.41) is 9.55. The highest BCUT2D eigenvalue weighted by atomic mass is 16.5. The molecule has 0 saturated heterocycles. The van der Waals surface area contributed by atoms with Crippen molar-refractivity contribution in [2.45, 2.75) is 13.0 Å². The molecule has 0 spiro atoms. The van der Waals surface area contributed by atoms with Crippen molar-refractivity contribution in [1.29, 1.82) is 0 Å². The number of rotatable bonds is 5. The number of methoxy groups -OCH3 is 1. The molecule has 2 aromatic carbocycles. The Morgan fingerprint density at radius 3 is 2.45 bits per heavy atom. The molecule has 0 aromatic heterocycles. The summed E-state index contributed by atoms with van der Waals surface area (Å²) in [7, 11) is 1.58. The van der Waals surface area contributed by atoms with Gasteiger partial charge in [-0.25, -0.2) is 4.79 Å². The molecule has 0 bridgehead atoms. The van der Waals surface area contributed by atoms with Crippen LogP contribution < -0.4 is 4.74 Å². The van der Waals surface area contributed by atoms with Gasteiger partial charge in [0.05, 0.1) is 12.7 Å². The zero-order chi connectivity index (χ0) is 16.1. The van der Waals surface area contributed by atoms with Gasteiger partial charge in [-0.1, -0.05) is 36.9 Å². The molecule has 2 aromatic rings. The molecule has 22 heavy (non-hydrogen) atoms. The van der Waals surface area contributed by atoms with Crippen molar-refractivity contribution in [3.05, 3.63) is 71.8 Å². The Morgan fingerprint density at radius 2 is 1.82 bits per heavy atom. The van der Waals surface area contributed by atoms with E-state index in [1.165, 1.54) is 0 Å². The average molecular weight is 298 g/mol. The van der Waals surface area contributed by atoms with Crippen LogP contribution in [0.2, 0.25) is 0 Å². The van der Waals surface area contributed by atoms with Gasteiger partial charge < -0.3 is 14.6 Å². The normalized spacial score (nSPS) is 11.5. The highest BCUT2D eigenvalue weighted by molar-refractivity contribution is 5.94. The zero-order valence-electron chi connectivity index (χ0n) is 12.6. The van der Waals surface area contributed by atoms with Crippen LogP contribution in [0.25, 0.3) is 5.76 Å². The van der Waals surface area contributed by atoms with Gasteiger partial charge in [-0.05, 0) is 30.7 Å². The van der Waals surface area contributed by atoms with E-state index < -0.39 is 12.1 Å². The van der Waals surface area contributed by atoms with Gasteiger partial charge in [0.15, 0.2) is 0 Å². The number of aliphatic hydroxyl groups excluding tert-OH is 1. The molecule has 1 N–H and O–H groups in total. The zero-order valence-corrected chi connectivity index (χ0v) is 12.6. The lowest BCUT2D eigenvalue weighted by atomic mass is 10.1. The largest absolute Gasteiger partial charge is 0.508 e. The van der Waals surface area contributed by atoms with Gasteiger partial charge in [-0.2, -0.15) is 0 Å². The first kappa shape index (κ1) is 15.6. The fraction of sp³-hybridized carbons (Fsp3) is 0.167. The number of aliphatic hydroxyl groups is 1. The molecule has 0 heterocycles. The van der Waals surface area contributed by atoms with Crippen molar-refractivity contribution >= 4 is 11.7 Å². The van der Waals surface area contributed by atoms with Gasteiger partial charge in [0, 0.05) is 5.56 Å². The van der Waals surface area contributed by atoms with Crippen molar-refractivity contribution in [3.8, 4) is 5.75 Å². The lowest BCUT2D eigenvalue weighted by Gasteiger charge is -2.15. The first-order valence-corrected chi connectivity index (χ1v) is 6.85. The minimum Gasteiger partial charge on any atom is -0.508 e. The maximum atomic E-state index is 12.3. The third kappa shape index (κ3) is 3.47. The number of hydrogen-bond acceptors (Lipinski definition) is 4. The lowest BCUT2D eigenvalue weighted by molar-refractivity contribution is 0.0336. The molecule has 0 amide bonds. The molecule has 2 rings (SSSR count). The Morgan fingerprint density at radius 1 is 1.14 bits per heavy atom. The Kier molecular flexibility index (Phi) is 4.84. The van der Waals surface area contributed by atoms with Crippen LogP contribution in [0.15, 0.2) is 55.1 Å². The molecule has 0 aliphatic heterocycles. The average Bonchev–Trinajstić information content (AvgIpc) is 2.54. The van der Waals surface area contributed by atoms with Crippen LogP contribution in [-0.2, 0) is 4.74 Å². The predicted octanol–water partition coefficient (Wildman–Crippen LogP) is 4.14. The van der Waals surface area contributed by atoms with Crippen LogP contribution >= 0.6 is 0 Å². The van der Waals surface area contributed by atoms with Crippen molar-refractivity contribution in [2.75, 3.05) is 7.11 Å². The molecule has 1 unspecified atom stereocenters. The van der Waals surface area contributed by atoms with Crippen LogP contribution in [-0.4, -0.2) is 18.2 Å². The number of hydrogen-bond donors (Lipinski definition) is 1. The summed E-state index contributed by atoms with van der Waals surface area (Å²) in [6.45, 7) is 5.24. The van der Waals surface area contributed by atoms with E-state index in [4.69, 9.17) is 9.47 Å². The number of carbonyl (C=O) groups excluding carboxylic acids is 1. The maximum Gasteiger partial charge on any atom is 0.339 e. The van der Waals surface area contributed by atoms with Crippen LogP contribution in [0.1, 0.15) is 34.5 Å². The van der Waals surface area contributed by atoms with E-state index in [0.29, 0.717) is 11.3 Å². The van der Waals surface area contributed by atoms with E-state index in [9.17, 15) is 9.90 Å². The van der Waals surface area contributed by atoms with Gasteiger partial charge in [0.2, 0.25) is 0 Å². The van der Waals surface area contributed by atoms with Crippen LogP contribution in [0.5, 0.6) is 5.75 Å². The van der Waals surface area contributed by atoms with Gasteiger partial charge in [0.1, 0.15) is 17.6 Å². The van der Waals surface area contributed by atoms with E-state index in [-0.39, 0.29) is 11.3 Å². The molecule has 4 nitrogen and oxygen atoms in total. The molecule has 0 aliphatic carbocycles. The van der Waals surface area contributed by atoms with Gasteiger partial charge in [-0.3, -0.25) is 0 Å². The van der Waals surface area contributed by atoms with Gasteiger partial charge in [0.25, 0.3) is 0 Å². The third-order valence-corrected chi connectivity index (χ3v) is 3.30. The fourth-order valence-electron chi connectivity index (χ4n) is 2.10. The van der Waals surface area contributed by atoms with E-state index in [0.717, 1.165) is 5.56 Å². The molecule has 114 valence electrons. The minimum absolute atomic E-state index is 0.165. The highest BCUT2D eigenvalue weighted by Gasteiger charge is 2.18. The van der Waals surface area contributed by atoms with Crippen LogP contribution in [0, 0.1) is 0 Å². The summed E-state index contributed by atoms with van der Waals surface area (Å²) in [5.41, 5.74) is 1.48. The minimum atomic E-state index is -0.513. The first-order chi connectivity index (χ1) is 10.5. The SMILES string of the molecule is C=C(O)c1ccccc1C(=O)OC(C)c1cccc(OC)c1. The Bertz CT molecular complexity index is 691. The van der Waals surface area contributed by atoms with Crippen molar-refractivity contribution < 1.29 is 19.4 Å². The third-order valence-electron chi connectivity index (χ3n) is 3.30. The second-order valence-corrected chi connectivity index (χ2v) is 4.82. The summed E-state index contributed by atoms with van der Waals surface area (Å²) >= 11 is 0. The Hall–Kier alpha value is -2.75. The molecular formula is C18H18O4. The highest BCUT2D eigenvalue weighted by Crippen LogP contribution is 2.24. The topological polar surface area (TPSA) is 55.8 Å². The predicted molar refractivity (Wildman–Crippen MR) is 84.9 cm³/mol. The summed E-state index contributed by atoms with van der Waals surface area (Å²) in [6, 6.07) is 14.0. The monoisotopic (exact) mass is 298 g/mol. The standard InChI is InChI=1S/C18H18O4/c1-12(19)16-9-4-5-10-17(16)18(20)22-13(2)14-7-6-8-15(11-14)21-3/h4-11,13,19H,1H2,2-3H3. The molecule has 0 aliphatic rings.